The van der Waals surface area contributed by atoms with Crippen molar-refractivity contribution in [2.75, 3.05) is 5.43 Å². The fourth-order valence-electron chi connectivity index (χ4n) is 0.896. The summed E-state index contributed by atoms with van der Waals surface area (Å²) < 4.78 is 0. The van der Waals surface area contributed by atoms with E-state index in [-0.39, 0.29) is 0 Å². The number of nitrogens with one attached hydrogen (secondary N) is 1. The summed E-state index contributed by atoms with van der Waals surface area (Å²) in [5.74, 6) is 5.21. The highest BCUT2D eigenvalue weighted by atomic mass is 35.5. The van der Waals surface area contributed by atoms with Gasteiger partial charge in [0.1, 0.15) is 0 Å². The van der Waals surface area contributed by atoms with Crippen molar-refractivity contribution in [2.24, 2.45) is 5.84 Å². The Hall–Kier alpha value is -0.730. The topological polar surface area (TPSA) is 38.0 Å². The number of hydrazine groups is 1. The summed E-state index contributed by atoms with van der Waals surface area (Å²) in [6.45, 7) is 2.08. The lowest BCUT2D eigenvalue weighted by atomic mass is 10.1. The Kier molecular flexibility index (Phi) is 2.74. The van der Waals surface area contributed by atoms with Gasteiger partial charge in [-0.1, -0.05) is 24.6 Å². The molecule has 0 amide bonds. The highest BCUT2D eigenvalue weighted by Gasteiger charge is 1.97. The summed E-state index contributed by atoms with van der Waals surface area (Å²) in [7, 11) is 0. The molecule has 3 N–H and O–H groups in total. The molecule has 11 heavy (non-hydrogen) atoms. The quantitative estimate of drug-likeness (QED) is 0.528. The van der Waals surface area contributed by atoms with Crippen LogP contribution < -0.4 is 11.3 Å². The molecule has 0 spiro atoms. The molecule has 1 aromatic carbocycles. The van der Waals surface area contributed by atoms with Gasteiger partial charge < -0.3 is 5.43 Å². The van der Waals surface area contributed by atoms with Crippen molar-refractivity contribution in [3.8, 4) is 0 Å². The molecule has 2 nitrogen and oxygen atoms in total. The predicted molar refractivity (Wildman–Crippen MR) is 48.6 cm³/mol. The second-order valence-electron chi connectivity index (χ2n) is 2.31. The Balaban J connectivity index is 2.99. The van der Waals surface area contributed by atoms with Gasteiger partial charge in [-0.05, 0) is 24.1 Å². The maximum absolute atomic E-state index is 5.87. The lowest BCUT2D eigenvalue weighted by molar-refractivity contribution is 1.14. The number of rotatable bonds is 2. The van der Waals surface area contributed by atoms with Crippen LogP contribution in [0, 0.1) is 0 Å². The van der Waals surface area contributed by atoms with E-state index in [1.54, 1.807) is 0 Å². The number of hydrogen-bond acceptors (Lipinski definition) is 2. The third-order valence-corrected chi connectivity index (χ3v) is 1.91. The number of benzene rings is 1. The lowest BCUT2D eigenvalue weighted by Gasteiger charge is -2.03. The third kappa shape index (κ3) is 1.85. The SMILES string of the molecule is CCc1ccc(NN)c(Cl)c1. The van der Waals surface area contributed by atoms with Crippen molar-refractivity contribution >= 4 is 17.3 Å². The van der Waals surface area contributed by atoms with E-state index in [2.05, 4.69) is 12.3 Å². The van der Waals surface area contributed by atoms with E-state index in [0.29, 0.717) is 5.02 Å². The molecule has 0 aromatic heterocycles. The van der Waals surface area contributed by atoms with E-state index in [0.717, 1.165) is 12.1 Å². The van der Waals surface area contributed by atoms with Crippen LogP contribution in [0.25, 0.3) is 0 Å². The third-order valence-electron chi connectivity index (χ3n) is 1.60. The minimum absolute atomic E-state index is 0.673. The first-order valence-corrected chi connectivity index (χ1v) is 3.90. The summed E-state index contributed by atoms with van der Waals surface area (Å²) in [4.78, 5) is 0. The van der Waals surface area contributed by atoms with Gasteiger partial charge in [-0.3, -0.25) is 5.84 Å². The van der Waals surface area contributed by atoms with Gasteiger partial charge in [0.05, 0.1) is 10.7 Å². The average molecular weight is 171 g/mol. The second kappa shape index (κ2) is 3.60. The molecule has 0 unspecified atom stereocenters. The van der Waals surface area contributed by atoms with E-state index < -0.39 is 0 Å². The van der Waals surface area contributed by atoms with Crippen LogP contribution in [-0.2, 0) is 6.42 Å². The van der Waals surface area contributed by atoms with Crippen LogP contribution in [0.2, 0.25) is 5.02 Å². The summed E-state index contributed by atoms with van der Waals surface area (Å²) in [5, 5.41) is 0.673. The molecule has 0 saturated carbocycles. The number of hydrogen-bond donors (Lipinski definition) is 2. The molecule has 60 valence electrons. The van der Waals surface area contributed by atoms with Crippen LogP contribution in [0.5, 0.6) is 0 Å². The number of nitrogens with two attached hydrogens (primary N) is 1. The van der Waals surface area contributed by atoms with Crippen LogP contribution in [0.15, 0.2) is 18.2 Å². The first kappa shape index (κ1) is 8.37. The molecule has 0 aliphatic heterocycles. The Morgan fingerprint density at radius 1 is 1.55 bits per heavy atom. The first-order chi connectivity index (χ1) is 5.27. The van der Waals surface area contributed by atoms with Crippen LogP contribution in [0.1, 0.15) is 12.5 Å². The Labute approximate surface area is 71.3 Å². The standard InChI is InChI=1S/C8H11ClN2/c1-2-6-3-4-8(11-10)7(9)5-6/h3-5,11H,2,10H2,1H3. The zero-order chi connectivity index (χ0) is 8.27. The van der Waals surface area contributed by atoms with Gasteiger partial charge in [-0.15, -0.1) is 0 Å². The van der Waals surface area contributed by atoms with Gasteiger partial charge in [0.15, 0.2) is 0 Å². The van der Waals surface area contributed by atoms with Crippen molar-refractivity contribution < 1.29 is 0 Å². The molecule has 0 fully saturated rings. The molecular weight excluding hydrogens is 160 g/mol. The van der Waals surface area contributed by atoms with E-state index in [9.17, 15) is 0 Å². The molecule has 0 radical (unpaired) electrons. The van der Waals surface area contributed by atoms with E-state index in [1.807, 2.05) is 18.2 Å². The van der Waals surface area contributed by atoms with Crippen LogP contribution in [0.4, 0.5) is 5.69 Å². The fraction of sp³-hybridized carbons (Fsp3) is 0.250. The summed E-state index contributed by atoms with van der Waals surface area (Å²) in [5.41, 5.74) is 4.50. The molecule has 1 rings (SSSR count). The first-order valence-electron chi connectivity index (χ1n) is 3.53. The van der Waals surface area contributed by atoms with Crippen molar-refractivity contribution in [3.05, 3.63) is 28.8 Å². The van der Waals surface area contributed by atoms with Gasteiger partial charge in [0, 0.05) is 0 Å². The van der Waals surface area contributed by atoms with E-state index in [4.69, 9.17) is 17.4 Å². The number of nitrogen functional groups attached to an aromatic ring is 1. The van der Waals surface area contributed by atoms with Crippen LogP contribution in [-0.4, -0.2) is 0 Å². The summed E-state index contributed by atoms with van der Waals surface area (Å²) >= 11 is 5.87. The second-order valence-corrected chi connectivity index (χ2v) is 2.72. The smallest absolute Gasteiger partial charge is 0.0672 e. The minimum atomic E-state index is 0.673. The zero-order valence-corrected chi connectivity index (χ0v) is 7.15. The zero-order valence-electron chi connectivity index (χ0n) is 6.39. The van der Waals surface area contributed by atoms with Gasteiger partial charge in [0.2, 0.25) is 0 Å². The van der Waals surface area contributed by atoms with Crippen LogP contribution in [0.3, 0.4) is 0 Å². The molecule has 0 aliphatic rings. The molecule has 0 saturated heterocycles. The van der Waals surface area contributed by atoms with E-state index >= 15 is 0 Å². The molecule has 3 heteroatoms. The molecule has 0 heterocycles. The monoisotopic (exact) mass is 170 g/mol. The molecule has 0 atom stereocenters. The Morgan fingerprint density at radius 2 is 2.27 bits per heavy atom. The van der Waals surface area contributed by atoms with Gasteiger partial charge in [-0.25, -0.2) is 0 Å². The maximum Gasteiger partial charge on any atom is 0.0672 e. The number of anilines is 1. The molecule has 1 aromatic rings. The van der Waals surface area contributed by atoms with Gasteiger partial charge in [0.25, 0.3) is 0 Å². The largest absolute Gasteiger partial charge is 0.323 e. The Bertz CT molecular complexity index is 248. The fourth-order valence-corrected chi connectivity index (χ4v) is 1.15. The van der Waals surface area contributed by atoms with Crippen molar-refractivity contribution in [1.29, 1.82) is 0 Å². The molecule has 0 bridgehead atoms. The molecular formula is C8H11ClN2. The summed E-state index contributed by atoms with van der Waals surface area (Å²) in [6, 6.07) is 5.79. The van der Waals surface area contributed by atoms with Gasteiger partial charge in [-0.2, -0.15) is 0 Å². The highest BCUT2D eigenvalue weighted by molar-refractivity contribution is 6.33. The lowest BCUT2D eigenvalue weighted by Crippen LogP contribution is -2.07. The summed E-state index contributed by atoms with van der Waals surface area (Å²) in [6.07, 6.45) is 0.991. The Morgan fingerprint density at radius 3 is 2.73 bits per heavy atom. The highest BCUT2D eigenvalue weighted by Crippen LogP contribution is 2.21. The van der Waals surface area contributed by atoms with Crippen molar-refractivity contribution in [3.63, 3.8) is 0 Å². The maximum atomic E-state index is 5.87. The normalized spacial score (nSPS) is 9.73. The number of aryl methyl sites for hydroxylation is 1. The van der Waals surface area contributed by atoms with Gasteiger partial charge >= 0.3 is 0 Å². The van der Waals surface area contributed by atoms with Crippen molar-refractivity contribution in [2.45, 2.75) is 13.3 Å². The predicted octanol–water partition coefficient (Wildman–Crippen LogP) is 2.19. The minimum Gasteiger partial charge on any atom is -0.323 e. The average Bonchev–Trinajstić information content (AvgIpc) is 2.04. The van der Waals surface area contributed by atoms with Crippen LogP contribution >= 0.6 is 11.6 Å². The van der Waals surface area contributed by atoms with E-state index in [1.165, 1.54) is 5.56 Å². The van der Waals surface area contributed by atoms with Crippen molar-refractivity contribution in [1.82, 2.24) is 0 Å². The number of halogens is 1. The molecule has 0 aliphatic carbocycles.